The van der Waals surface area contributed by atoms with Crippen molar-refractivity contribution in [2.75, 3.05) is 6.54 Å². The minimum atomic E-state index is -1.05. The fourth-order valence-corrected chi connectivity index (χ4v) is 5.24. The van der Waals surface area contributed by atoms with Gasteiger partial charge in [-0.3, -0.25) is 19.2 Å². The summed E-state index contributed by atoms with van der Waals surface area (Å²) in [5.41, 5.74) is 1.54. The number of aryl methyl sites for hydroxylation is 2. The van der Waals surface area contributed by atoms with Crippen molar-refractivity contribution in [3.8, 4) is 0 Å². The molecule has 1 saturated heterocycles. The Morgan fingerprint density at radius 1 is 1.31 bits per heavy atom. The van der Waals surface area contributed by atoms with E-state index < -0.39 is 11.6 Å². The van der Waals surface area contributed by atoms with E-state index >= 15 is 0 Å². The van der Waals surface area contributed by atoms with E-state index in [0.717, 1.165) is 41.7 Å². The molecule has 2 aliphatic carbocycles. The molecule has 3 aliphatic rings. The molecular weight excluding hydrogens is 408 g/mol. The first-order valence-corrected chi connectivity index (χ1v) is 11.3. The minimum absolute atomic E-state index is 0.000175. The summed E-state index contributed by atoms with van der Waals surface area (Å²) in [6, 6.07) is 7.19. The summed E-state index contributed by atoms with van der Waals surface area (Å²) in [5, 5.41) is 11.0. The summed E-state index contributed by atoms with van der Waals surface area (Å²) in [6.07, 6.45) is 6.34. The third-order valence-corrected chi connectivity index (χ3v) is 7.34. The van der Waals surface area contributed by atoms with Gasteiger partial charge in [0, 0.05) is 19.3 Å². The van der Waals surface area contributed by atoms with E-state index in [1.165, 1.54) is 0 Å². The van der Waals surface area contributed by atoms with Gasteiger partial charge in [0.05, 0.1) is 6.54 Å². The molecule has 168 valence electrons. The molecule has 2 fully saturated rings. The number of amides is 4. The Balaban J connectivity index is 1.37. The highest BCUT2D eigenvalue weighted by Gasteiger charge is 2.55. The fraction of sp³-hybridized carbons (Fsp3) is 0.522. The number of hydrogen-bond donors (Lipinski definition) is 1. The second kappa shape index (κ2) is 7.72. The standard InChI is InChI=1S/C23H28N6O3/c1-15(16-7-5-8-16)28(13-18-12-27(2)26-25-18)20(30)14-29-21(31)23(24-22(29)32)11-10-17-6-3-4-9-19(17)23/h3-4,6,9,12,15-16H,5,7-8,10-11,13-14H2,1-2H3,(H,24,32)/t15-,23-/m0/s1. The smallest absolute Gasteiger partial charge is 0.325 e. The summed E-state index contributed by atoms with van der Waals surface area (Å²) < 4.78 is 1.60. The Hall–Kier alpha value is -3.23. The van der Waals surface area contributed by atoms with Gasteiger partial charge in [-0.15, -0.1) is 5.10 Å². The number of carbonyl (C=O) groups is 3. The van der Waals surface area contributed by atoms with Crippen LogP contribution in [-0.2, 0) is 35.1 Å². The van der Waals surface area contributed by atoms with Crippen molar-refractivity contribution in [1.82, 2.24) is 30.1 Å². The van der Waals surface area contributed by atoms with E-state index in [4.69, 9.17) is 0 Å². The van der Waals surface area contributed by atoms with Crippen LogP contribution < -0.4 is 5.32 Å². The van der Waals surface area contributed by atoms with Crippen LogP contribution in [0.3, 0.4) is 0 Å². The maximum absolute atomic E-state index is 13.4. The molecule has 2 aromatic rings. The summed E-state index contributed by atoms with van der Waals surface area (Å²) in [7, 11) is 1.78. The van der Waals surface area contributed by atoms with E-state index in [9.17, 15) is 14.4 Å². The lowest BCUT2D eigenvalue weighted by atomic mass is 9.79. The van der Waals surface area contributed by atoms with E-state index in [1.807, 2.05) is 31.2 Å². The van der Waals surface area contributed by atoms with Crippen molar-refractivity contribution in [2.45, 2.75) is 57.2 Å². The highest BCUT2D eigenvalue weighted by molar-refractivity contribution is 6.09. The van der Waals surface area contributed by atoms with E-state index in [2.05, 4.69) is 15.6 Å². The Morgan fingerprint density at radius 3 is 2.78 bits per heavy atom. The molecule has 5 rings (SSSR count). The summed E-state index contributed by atoms with van der Waals surface area (Å²) in [5.74, 6) is -0.162. The predicted molar refractivity (Wildman–Crippen MR) is 115 cm³/mol. The van der Waals surface area contributed by atoms with Crippen LogP contribution in [0.5, 0.6) is 0 Å². The Bertz CT molecular complexity index is 1080. The van der Waals surface area contributed by atoms with Crippen LogP contribution in [0.15, 0.2) is 30.5 Å². The molecule has 1 aromatic carbocycles. The first kappa shape index (κ1) is 20.7. The zero-order valence-corrected chi connectivity index (χ0v) is 18.5. The molecule has 4 amide bonds. The van der Waals surface area contributed by atoms with Crippen LogP contribution in [0.1, 0.15) is 49.4 Å². The molecule has 1 aromatic heterocycles. The maximum atomic E-state index is 13.4. The number of aromatic nitrogens is 3. The number of benzene rings is 1. The molecule has 2 heterocycles. The summed E-state index contributed by atoms with van der Waals surface area (Å²) in [6.45, 7) is 2.08. The van der Waals surface area contributed by atoms with E-state index in [-0.39, 0.29) is 24.4 Å². The van der Waals surface area contributed by atoms with Gasteiger partial charge in [0.1, 0.15) is 17.8 Å². The van der Waals surface area contributed by atoms with Gasteiger partial charge >= 0.3 is 6.03 Å². The second-order valence-corrected chi connectivity index (χ2v) is 9.22. The zero-order chi connectivity index (χ0) is 22.5. The summed E-state index contributed by atoms with van der Waals surface area (Å²) in [4.78, 5) is 42.6. The van der Waals surface area contributed by atoms with Gasteiger partial charge in [-0.1, -0.05) is 35.9 Å². The van der Waals surface area contributed by atoms with Crippen LogP contribution in [0.25, 0.3) is 0 Å². The third-order valence-electron chi connectivity index (χ3n) is 7.34. The monoisotopic (exact) mass is 436 g/mol. The van der Waals surface area contributed by atoms with Gasteiger partial charge < -0.3 is 10.2 Å². The molecule has 2 atom stereocenters. The number of rotatable bonds is 6. The van der Waals surface area contributed by atoms with Gasteiger partial charge in [-0.2, -0.15) is 0 Å². The number of fused-ring (bicyclic) bond motifs is 2. The largest absolute Gasteiger partial charge is 0.332 e. The number of urea groups is 1. The first-order valence-electron chi connectivity index (χ1n) is 11.3. The third kappa shape index (κ3) is 3.27. The van der Waals surface area contributed by atoms with Gasteiger partial charge in [0.25, 0.3) is 5.91 Å². The molecule has 9 nitrogen and oxygen atoms in total. The zero-order valence-electron chi connectivity index (χ0n) is 18.5. The van der Waals surface area contributed by atoms with Crippen LogP contribution in [-0.4, -0.2) is 55.2 Å². The lowest BCUT2D eigenvalue weighted by Gasteiger charge is -2.39. The van der Waals surface area contributed by atoms with Gasteiger partial charge in [-0.25, -0.2) is 4.79 Å². The molecule has 0 radical (unpaired) electrons. The van der Waals surface area contributed by atoms with Gasteiger partial charge in [-0.05, 0) is 49.7 Å². The Kier molecular flexibility index (Phi) is 4.98. The van der Waals surface area contributed by atoms with Crippen LogP contribution in [0.4, 0.5) is 4.79 Å². The van der Waals surface area contributed by atoms with E-state index in [1.54, 1.807) is 22.8 Å². The van der Waals surface area contributed by atoms with Crippen molar-refractivity contribution in [3.05, 3.63) is 47.3 Å². The number of hydrogen-bond acceptors (Lipinski definition) is 5. The van der Waals surface area contributed by atoms with Crippen molar-refractivity contribution < 1.29 is 14.4 Å². The van der Waals surface area contributed by atoms with Gasteiger partial charge in [0.15, 0.2) is 0 Å². The second-order valence-electron chi connectivity index (χ2n) is 9.22. The van der Waals surface area contributed by atoms with Gasteiger partial charge in [0.2, 0.25) is 5.91 Å². The molecule has 1 spiro atoms. The van der Waals surface area contributed by atoms with Crippen molar-refractivity contribution >= 4 is 17.8 Å². The molecule has 0 bridgehead atoms. The number of nitrogens with one attached hydrogen (secondary N) is 1. The van der Waals surface area contributed by atoms with Crippen LogP contribution in [0.2, 0.25) is 0 Å². The van der Waals surface area contributed by atoms with Crippen molar-refractivity contribution in [3.63, 3.8) is 0 Å². The predicted octanol–water partition coefficient (Wildman–Crippen LogP) is 1.73. The highest BCUT2D eigenvalue weighted by atomic mass is 16.2. The first-order chi connectivity index (χ1) is 15.4. The highest BCUT2D eigenvalue weighted by Crippen LogP contribution is 2.41. The molecule has 0 unspecified atom stereocenters. The Morgan fingerprint density at radius 2 is 2.09 bits per heavy atom. The quantitative estimate of drug-likeness (QED) is 0.695. The number of carbonyl (C=O) groups excluding carboxylic acids is 3. The normalized spacial score (nSPS) is 23.2. The fourth-order valence-electron chi connectivity index (χ4n) is 5.24. The van der Waals surface area contributed by atoms with Crippen molar-refractivity contribution in [1.29, 1.82) is 0 Å². The molecule has 1 aliphatic heterocycles. The lowest BCUT2D eigenvalue weighted by Crippen LogP contribution is -2.49. The average Bonchev–Trinajstić information content (AvgIpc) is 3.38. The summed E-state index contributed by atoms with van der Waals surface area (Å²) >= 11 is 0. The minimum Gasteiger partial charge on any atom is -0.332 e. The van der Waals surface area contributed by atoms with Crippen molar-refractivity contribution in [2.24, 2.45) is 13.0 Å². The number of nitrogens with zero attached hydrogens (tertiary/aromatic N) is 5. The molecule has 32 heavy (non-hydrogen) atoms. The molecule has 1 saturated carbocycles. The number of imide groups is 1. The molecular formula is C23H28N6O3. The van der Waals surface area contributed by atoms with Crippen LogP contribution in [0, 0.1) is 5.92 Å². The average molecular weight is 437 g/mol. The Labute approximate surface area is 186 Å². The maximum Gasteiger partial charge on any atom is 0.325 e. The topological polar surface area (TPSA) is 100 Å². The molecule has 9 heteroatoms. The SMILES string of the molecule is C[C@@H](C1CCC1)N(Cc1cn(C)nn1)C(=O)CN1C(=O)N[C@]2(CCc3ccccc32)C1=O. The molecule has 1 N–H and O–H groups in total. The van der Waals surface area contributed by atoms with Crippen LogP contribution >= 0.6 is 0 Å². The van der Waals surface area contributed by atoms with E-state index in [0.29, 0.717) is 24.6 Å². The lowest BCUT2D eigenvalue weighted by molar-refractivity contribution is -0.142.